The third-order valence-corrected chi connectivity index (χ3v) is 2.90. The summed E-state index contributed by atoms with van der Waals surface area (Å²) in [4.78, 5) is 9.82. The van der Waals surface area contributed by atoms with Gasteiger partial charge in [0.15, 0.2) is 5.82 Å². The van der Waals surface area contributed by atoms with Crippen molar-refractivity contribution in [3.8, 4) is 0 Å². The van der Waals surface area contributed by atoms with Crippen LogP contribution in [0.2, 0.25) is 0 Å². The van der Waals surface area contributed by atoms with Crippen molar-refractivity contribution >= 4 is 11.4 Å². The molecule has 1 aromatic rings. The van der Waals surface area contributed by atoms with E-state index in [0.717, 1.165) is 18.9 Å². The van der Waals surface area contributed by atoms with E-state index in [1.54, 1.807) is 0 Å². The van der Waals surface area contributed by atoms with Crippen LogP contribution in [-0.2, 0) is 0 Å². The van der Waals surface area contributed by atoms with Gasteiger partial charge in [-0.2, -0.15) is 0 Å². The average Bonchev–Trinajstić information content (AvgIpc) is 2.18. The number of halogens is 1. The average molecular weight is 224 g/mol. The lowest BCUT2D eigenvalue weighted by Gasteiger charge is -2.34. The van der Waals surface area contributed by atoms with Crippen molar-refractivity contribution in [2.24, 2.45) is 5.92 Å². The van der Waals surface area contributed by atoms with Gasteiger partial charge >= 0.3 is 0 Å². The molecule has 16 heavy (non-hydrogen) atoms. The zero-order chi connectivity index (χ0) is 11.7. The summed E-state index contributed by atoms with van der Waals surface area (Å²) >= 11 is 0. The molecule has 0 aliphatic heterocycles. The molecule has 1 aliphatic rings. The Kier molecular flexibility index (Phi) is 2.77. The molecule has 0 heterocycles. The molecule has 1 aromatic carbocycles. The minimum absolute atomic E-state index is 0.218. The van der Waals surface area contributed by atoms with Gasteiger partial charge in [-0.1, -0.05) is 6.92 Å². The van der Waals surface area contributed by atoms with Crippen LogP contribution in [-0.4, -0.2) is 11.0 Å². The number of nitro benzene ring substituents is 1. The molecule has 0 aromatic heterocycles. The van der Waals surface area contributed by atoms with Crippen molar-refractivity contribution in [2.45, 2.75) is 25.8 Å². The van der Waals surface area contributed by atoms with Gasteiger partial charge < -0.3 is 5.32 Å². The number of nitro groups is 1. The minimum Gasteiger partial charge on any atom is -0.380 e. The van der Waals surface area contributed by atoms with Crippen LogP contribution in [0.3, 0.4) is 0 Å². The van der Waals surface area contributed by atoms with Crippen LogP contribution >= 0.6 is 0 Å². The van der Waals surface area contributed by atoms with Crippen LogP contribution in [0.5, 0.6) is 0 Å². The molecule has 1 fully saturated rings. The predicted molar refractivity (Wildman–Crippen MR) is 58.9 cm³/mol. The van der Waals surface area contributed by atoms with Crippen LogP contribution < -0.4 is 5.32 Å². The Balaban J connectivity index is 2.07. The highest BCUT2D eigenvalue weighted by Gasteiger charge is 2.25. The number of anilines is 1. The van der Waals surface area contributed by atoms with Crippen LogP contribution in [0.15, 0.2) is 18.2 Å². The molecular weight excluding hydrogens is 211 g/mol. The highest BCUT2D eigenvalue weighted by molar-refractivity contribution is 5.51. The number of nitrogens with one attached hydrogen (secondary N) is 1. The highest BCUT2D eigenvalue weighted by Crippen LogP contribution is 2.30. The second kappa shape index (κ2) is 4.08. The molecule has 0 amide bonds. The van der Waals surface area contributed by atoms with Crippen LogP contribution in [0, 0.1) is 21.8 Å². The first-order valence-electron chi connectivity index (χ1n) is 5.26. The summed E-state index contributed by atoms with van der Waals surface area (Å²) in [6.45, 7) is 2.14. The lowest BCUT2D eigenvalue weighted by atomic mass is 9.82. The van der Waals surface area contributed by atoms with Gasteiger partial charge in [0.25, 0.3) is 5.69 Å². The summed E-state index contributed by atoms with van der Waals surface area (Å²) in [5.74, 6) is 0.118. The Morgan fingerprint density at radius 2 is 2.19 bits per heavy atom. The molecule has 0 saturated heterocycles. The monoisotopic (exact) mass is 224 g/mol. The number of hydrogen-bond acceptors (Lipinski definition) is 3. The summed E-state index contributed by atoms with van der Waals surface area (Å²) in [6.07, 6.45) is 2.05. The summed E-state index contributed by atoms with van der Waals surface area (Å²) in [7, 11) is 0. The third kappa shape index (κ3) is 2.13. The zero-order valence-corrected chi connectivity index (χ0v) is 8.94. The smallest absolute Gasteiger partial charge is 0.272 e. The quantitative estimate of drug-likeness (QED) is 0.634. The summed E-state index contributed by atoms with van der Waals surface area (Å²) < 4.78 is 13.5. The van der Waals surface area contributed by atoms with E-state index in [0.29, 0.717) is 17.6 Å². The van der Waals surface area contributed by atoms with Crippen molar-refractivity contribution < 1.29 is 9.31 Å². The number of benzene rings is 1. The summed E-state index contributed by atoms with van der Waals surface area (Å²) in [6, 6.07) is 3.99. The number of nitrogens with zero attached hydrogens (tertiary/aromatic N) is 1. The molecule has 4 nitrogen and oxygen atoms in total. The minimum atomic E-state index is -0.599. The second-order valence-corrected chi connectivity index (χ2v) is 4.34. The van der Waals surface area contributed by atoms with Gasteiger partial charge in [-0.05, 0) is 24.8 Å². The Labute approximate surface area is 92.6 Å². The molecule has 0 atom stereocenters. The Hall–Kier alpha value is -1.65. The lowest BCUT2D eigenvalue weighted by molar-refractivity contribution is -0.385. The topological polar surface area (TPSA) is 55.2 Å². The molecule has 0 spiro atoms. The molecule has 1 saturated carbocycles. The summed E-state index contributed by atoms with van der Waals surface area (Å²) in [5.41, 5.74) is 0.132. The van der Waals surface area contributed by atoms with Gasteiger partial charge in [-0.3, -0.25) is 10.1 Å². The third-order valence-electron chi connectivity index (χ3n) is 2.90. The maximum Gasteiger partial charge on any atom is 0.272 e. The van der Waals surface area contributed by atoms with Crippen molar-refractivity contribution in [3.63, 3.8) is 0 Å². The lowest BCUT2D eigenvalue weighted by Crippen LogP contribution is -2.34. The molecule has 0 unspecified atom stereocenters. The molecule has 1 aliphatic carbocycles. The van der Waals surface area contributed by atoms with E-state index in [2.05, 4.69) is 12.2 Å². The van der Waals surface area contributed by atoms with Crippen LogP contribution in [0.25, 0.3) is 0 Å². The van der Waals surface area contributed by atoms with Crippen LogP contribution in [0.4, 0.5) is 15.8 Å². The first kappa shape index (κ1) is 10.9. The fourth-order valence-corrected chi connectivity index (χ4v) is 1.97. The fourth-order valence-electron chi connectivity index (χ4n) is 1.97. The van der Waals surface area contributed by atoms with E-state index < -0.39 is 10.7 Å². The second-order valence-electron chi connectivity index (χ2n) is 4.34. The van der Waals surface area contributed by atoms with Crippen LogP contribution in [0.1, 0.15) is 19.8 Å². The maximum absolute atomic E-state index is 13.5. The van der Waals surface area contributed by atoms with E-state index in [-0.39, 0.29) is 5.69 Å². The van der Waals surface area contributed by atoms with Gasteiger partial charge in [0.1, 0.15) is 0 Å². The highest BCUT2D eigenvalue weighted by atomic mass is 19.1. The van der Waals surface area contributed by atoms with E-state index in [4.69, 9.17) is 0 Å². The van der Waals surface area contributed by atoms with E-state index in [9.17, 15) is 14.5 Å². The van der Waals surface area contributed by atoms with Gasteiger partial charge in [0, 0.05) is 12.1 Å². The Morgan fingerprint density at radius 1 is 1.50 bits per heavy atom. The predicted octanol–water partition coefficient (Wildman–Crippen LogP) is 2.94. The maximum atomic E-state index is 13.5. The van der Waals surface area contributed by atoms with Crippen molar-refractivity contribution in [1.29, 1.82) is 0 Å². The van der Waals surface area contributed by atoms with Crippen molar-refractivity contribution in [3.05, 3.63) is 34.1 Å². The molecule has 1 N–H and O–H groups in total. The Morgan fingerprint density at radius 3 is 2.69 bits per heavy atom. The number of non-ortho nitro benzene ring substituents is 1. The van der Waals surface area contributed by atoms with Gasteiger partial charge in [0.05, 0.1) is 16.7 Å². The first-order valence-corrected chi connectivity index (χ1v) is 5.26. The molecular formula is C11H13FN2O2. The molecule has 2 rings (SSSR count). The standard InChI is InChI=1S/C11H13FN2O2/c1-7-4-8(5-7)13-11-3-2-9(14(15)16)6-10(11)12/h2-3,6-8,13H,4-5H2,1H3. The van der Waals surface area contributed by atoms with Gasteiger partial charge in [-0.25, -0.2) is 4.39 Å². The molecule has 86 valence electrons. The SMILES string of the molecule is CC1CC(Nc2ccc([N+](=O)[O-])cc2F)C1. The van der Waals surface area contributed by atoms with E-state index in [1.165, 1.54) is 12.1 Å². The van der Waals surface area contributed by atoms with Crippen molar-refractivity contribution in [2.75, 3.05) is 5.32 Å². The largest absolute Gasteiger partial charge is 0.380 e. The normalized spacial score (nSPS) is 23.6. The Bertz CT molecular complexity index is 416. The van der Waals surface area contributed by atoms with E-state index >= 15 is 0 Å². The van der Waals surface area contributed by atoms with Crippen molar-refractivity contribution in [1.82, 2.24) is 0 Å². The number of hydrogen-bond donors (Lipinski definition) is 1. The van der Waals surface area contributed by atoms with Gasteiger partial charge in [0.2, 0.25) is 0 Å². The summed E-state index contributed by atoms with van der Waals surface area (Å²) in [5, 5.41) is 13.5. The molecule has 0 bridgehead atoms. The first-order chi connectivity index (χ1) is 7.56. The van der Waals surface area contributed by atoms with Gasteiger partial charge in [-0.15, -0.1) is 0 Å². The van der Waals surface area contributed by atoms with E-state index in [1.807, 2.05) is 0 Å². The number of rotatable bonds is 3. The molecule has 5 heteroatoms. The zero-order valence-electron chi connectivity index (χ0n) is 8.94. The molecule has 0 radical (unpaired) electrons. The fraction of sp³-hybridized carbons (Fsp3) is 0.455.